The quantitative estimate of drug-likeness (QED) is 0.488. The van der Waals surface area contributed by atoms with Gasteiger partial charge in [0.05, 0.1) is 0 Å². The summed E-state index contributed by atoms with van der Waals surface area (Å²) in [5, 5.41) is 11.7. The second-order valence-electron chi connectivity index (χ2n) is 7.59. The fourth-order valence-corrected chi connectivity index (χ4v) is 4.27. The molecule has 3 aliphatic heterocycles. The Balaban J connectivity index is 1.50. The zero-order valence-electron chi connectivity index (χ0n) is 16.7. The van der Waals surface area contributed by atoms with Gasteiger partial charge in [0, 0.05) is 34.2 Å². The lowest BCUT2D eigenvalue weighted by atomic mass is 9.97. The molecule has 0 bridgehead atoms. The number of fused-ring (bicyclic) bond motifs is 4. The molecule has 0 amide bonds. The number of furan rings is 1. The first-order chi connectivity index (χ1) is 15.7. The molecule has 3 aliphatic rings. The minimum Gasteiger partial charge on any atom is -0.507 e. The molecule has 32 heavy (non-hydrogen) atoms. The summed E-state index contributed by atoms with van der Waals surface area (Å²) < 4.78 is 39.8. The first-order valence-corrected chi connectivity index (χ1v) is 10.1. The molecular weight excluding hydrogens is 416 g/mol. The molecule has 0 saturated carbocycles. The molecule has 4 aromatic rings. The number of ether oxygens (including phenoxy) is 6. The molecule has 0 aliphatic carbocycles. The smallest absolute Gasteiger partial charge is 0.231 e. The van der Waals surface area contributed by atoms with Crippen molar-refractivity contribution < 1.29 is 37.9 Å². The predicted octanol–water partition coefficient (Wildman–Crippen LogP) is 4.70. The van der Waals surface area contributed by atoms with Crippen molar-refractivity contribution in [1.82, 2.24) is 0 Å². The van der Waals surface area contributed by atoms with E-state index < -0.39 is 0 Å². The number of phenols is 1. The molecule has 0 radical (unpaired) electrons. The van der Waals surface area contributed by atoms with E-state index in [0.717, 1.165) is 10.9 Å². The fourth-order valence-electron chi connectivity index (χ4n) is 4.27. The van der Waals surface area contributed by atoms with Crippen LogP contribution in [0.2, 0.25) is 0 Å². The lowest BCUT2D eigenvalue weighted by molar-refractivity contribution is 0.171. The summed E-state index contributed by atoms with van der Waals surface area (Å²) in [7, 11) is 0. The monoisotopic (exact) mass is 432 g/mol. The topological polar surface area (TPSA) is 88.8 Å². The van der Waals surface area contributed by atoms with Gasteiger partial charge in [-0.3, -0.25) is 0 Å². The van der Waals surface area contributed by atoms with Crippen molar-refractivity contribution in [2.75, 3.05) is 26.8 Å². The molecule has 8 nitrogen and oxygen atoms in total. The molecule has 0 saturated heterocycles. The van der Waals surface area contributed by atoms with Gasteiger partial charge in [-0.1, -0.05) is 0 Å². The lowest BCUT2D eigenvalue weighted by Gasteiger charge is -2.18. The first-order valence-electron chi connectivity index (χ1n) is 10.1. The Morgan fingerprint density at radius 1 is 0.625 bits per heavy atom. The van der Waals surface area contributed by atoms with Crippen molar-refractivity contribution in [2.45, 2.75) is 0 Å². The third kappa shape index (κ3) is 2.49. The van der Waals surface area contributed by atoms with Crippen LogP contribution in [0.4, 0.5) is 0 Å². The molecule has 7 rings (SSSR count). The summed E-state index contributed by atoms with van der Waals surface area (Å²) in [6, 6.07) is 12.6. The molecular formula is C24H16O8. The Hall–Kier alpha value is -4.20. The van der Waals surface area contributed by atoms with Gasteiger partial charge < -0.3 is 37.9 Å². The van der Waals surface area contributed by atoms with Gasteiger partial charge in [0.1, 0.15) is 30.3 Å². The Labute approximate surface area is 181 Å². The van der Waals surface area contributed by atoms with E-state index in [2.05, 4.69) is 0 Å². The van der Waals surface area contributed by atoms with E-state index in [1.807, 2.05) is 24.3 Å². The Morgan fingerprint density at radius 3 is 2.09 bits per heavy atom. The van der Waals surface area contributed by atoms with Gasteiger partial charge in [-0.05, 0) is 30.3 Å². The Kier molecular flexibility index (Phi) is 3.49. The lowest BCUT2D eigenvalue weighted by Crippen LogP contribution is -2.15. The minimum absolute atomic E-state index is 0.0495. The number of hydrogen-bond acceptors (Lipinski definition) is 8. The average Bonchev–Trinajstić information content (AvgIpc) is 3.54. The van der Waals surface area contributed by atoms with Crippen LogP contribution in [0.5, 0.6) is 40.2 Å². The van der Waals surface area contributed by atoms with Crippen molar-refractivity contribution in [3.05, 3.63) is 42.5 Å². The van der Waals surface area contributed by atoms with Gasteiger partial charge in [0.15, 0.2) is 34.5 Å². The van der Waals surface area contributed by atoms with Crippen molar-refractivity contribution in [3.8, 4) is 62.7 Å². The summed E-state index contributed by atoms with van der Waals surface area (Å²) in [4.78, 5) is 0. The van der Waals surface area contributed by atoms with Gasteiger partial charge in [-0.15, -0.1) is 0 Å². The first kappa shape index (κ1) is 17.5. The van der Waals surface area contributed by atoms with Gasteiger partial charge in [-0.2, -0.15) is 0 Å². The van der Waals surface area contributed by atoms with E-state index >= 15 is 0 Å². The van der Waals surface area contributed by atoms with Crippen LogP contribution >= 0.6 is 0 Å². The zero-order chi connectivity index (χ0) is 21.2. The molecule has 1 N–H and O–H groups in total. The highest BCUT2D eigenvalue weighted by Gasteiger charge is 2.27. The summed E-state index contributed by atoms with van der Waals surface area (Å²) in [6.45, 7) is 1.26. The third-order valence-electron chi connectivity index (χ3n) is 5.75. The van der Waals surface area contributed by atoms with Crippen molar-refractivity contribution >= 4 is 11.0 Å². The molecule has 160 valence electrons. The third-order valence-corrected chi connectivity index (χ3v) is 5.75. The highest BCUT2D eigenvalue weighted by Crippen LogP contribution is 2.51. The second kappa shape index (κ2) is 6.40. The minimum atomic E-state index is 0.0495. The van der Waals surface area contributed by atoms with Crippen LogP contribution in [0.1, 0.15) is 0 Å². The van der Waals surface area contributed by atoms with Gasteiger partial charge in [0.25, 0.3) is 0 Å². The van der Waals surface area contributed by atoms with Gasteiger partial charge >= 0.3 is 0 Å². The number of rotatable bonds is 2. The predicted molar refractivity (Wildman–Crippen MR) is 112 cm³/mol. The zero-order valence-corrected chi connectivity index (χ0v) is 16.7. The van der Waals surface area contributed by atoms with Gasteiger partial charge in [0.2, 0.25) is 13.6 Å². The normalized spacial score (nSPS) is 15.4. The van der Waals surface area contributed by atoms with Crippen LogP contribution in [-0.2, 0) is 0 Å². The summed E-state index contributed by atoms with van der Waals surface area (Å²) >= 11 is 0. The van der Waals surface area contributed by atoms with E-state index in [0.29, 0.717) is 70.2 Å². The maximum absolute atomic E-state index is 10.9. The highest BCUT2D eigenvalue weighted by molar-refractivity contribution is 6.04. The van der Waals surface area contributed by atoms with E-state index in [-0.39, 0.29) is 19.3 Å². The largest absolute Gasteiger partial charge is 0.507 e. The van der Waals surface area contributed by atoms with Crippen molar-refractivity contribution in [3.63, 3.8) is 0 Å². The Bertz CT molecular complexity index is 1400. The van der Waals surface area contributed by atoms with Crippen molar-refractivity contribution in [2.24, 2.45) is 0 Å². The Morgan fingerprint density at radius 2 is 1.28 bits per heavy atom. The van der Waals surface area contributed by atoms with E-state index in [9.17, 15) is 5.11 Å². The van der Waals surface area contributed by atoms with Crippen LogP contribution in [-0.4, -0.2) is 31.9 Å². The molecule has 4 heterocycles. The molecule has 3 aromatic carbocycles. The summed E-state index contributed by atoms with van der Waals surface area (Å²) in [6.07, 6.45) is 0. The second-order valence-corrected chi connectivity index (χ2v) is 7.59. The number of aromatic hydroxyl groups is 1. The van der Waals surface area contributed by atoms with Crippen LogP contribution in [0, 0.1) is 0 Å². The highest BCUT2D eigenvalue weighted by atomic mass is 16.7. The SMILES string of the molecule is Oc1cc2c(cc1-c1c(-c3ccc4c(c3)OCCO4)oc3cc4c(cc13)OCO4)OCO2. The maximum Gasteiger partial charge on any atom is 0.231 e. The average molecular weight is 432 g/mol. The molecule has 8 heteroatoms. The van der Waals surface area contributed by atoms with Crippen LogP contribution < -0.4 is 28.4 Å². The van der Waals surface area contributed by atoms with Crippen LogP contribution in [0.3, 0.4) is 0 Å². The molecule has 0 unspecified atom stereocenters. The van der Waals surface area contributed by atoms with E-state index in [4.69, 9.17) is 32.8 Å². The van der Waals surface area contributed by atoms with Crippen molar-refractivity contribution in [1.29, 1.82) is 0 Å². The van der Waals surface area contributed by atoms with Crippen LogP contribution in [0.25, 0.3) is 33.4 Å². The summed E-state index contributed by atoms with van der Waals surface area (Å²) in [5.74, 6) is 4.23. The fraction of sp³-hybridized carbons (Fsp3) is 0.167. The molecule has 0 fully saturated rings. The number of phenolic OH excluding ortho intramolecular Hbond substituents is 1. The molecule has 0 spiro atoms. The van der Waals surface area contributed by atoms with Crippen LogP contribution in [0.15, 0.2) is 46.9 Å². The number of benzene rings is 3. The molecule has 0 atom stereocenters. The van der Waals surface area contributed by atoms with E-state index in [1.165, 1.54) is 0 Å². The standard InChI is InChI=1S/C24H16O8/c25-15-8-21-19(28-10-30-21)6-13(15)23-14-7-20-22(31-11-29-20)9-17(14)32-24(23)12-1-2-16-18(5-12)27-4-3-26-16/h1-2,5-9,25H,3-4,10-11H2. The van der Waals surface area contributed by atoms with E-state index in [1.54, 1.807) is 18.2 Å². The maximum atomic E-state index is 10.9. The summed E-state index contributed by atoms with van der Waals surface area (Å²) in [5.41, 5.74) is 2.63. The number of hydrogen-bond donors (Lipinski definition) is 1. The molecule has 1 aromatic heterocycles. The van der Waals surface area contributed by atoms with Gasteiger partial charge in [-0.25, -0.2) is 0 Å².